The highest BCUT2D eigenvalue weighted by Gasteiger charge is 2.24. The molecule has 6 heteroatoms. The van der Waals surface area contributed by atoms with Crippen LogP contribution in [0.3, 0.4) is 0 Å². The van der Waals surface area contributed by atoms with E-state index in [1.54, 1.807) is 0 Å². The molecule has 0 spiro atoms. The second kappa shape index (κ2) is 47.9. The number of allylic oxidation sites excluding steroid dienone is 8. The van der Waals surface area contributed by atoms with Crippen molar-refractivity contribution in [3.8, 4) is 0 Å². The predicted octanol–water partition coefficient (Wildman–Crippen LogP) is 15.5. The van der Waals surface area contributed by atoms with E-state index in [1.165, 1.54) is 122 Å². The average Bonchev–Trinajstić information content (AvgIpc) is 3.24. The number of rotatable bonds is 46. The highest BCUT2D eigenvalue weighted by atomic mass is 16.5. The summed E-state index contributed by atoms with van der Waals surface area (Å²) >= 11 is 0. The molecule has 0 fully saturated rings. The number of hydrogen-bond donors (Lipinski definition) is 3. The molecular weight excluding hydrogens is 743 g/mol. The summed E-state index contributed by atoms with van der Waals surface area (Å²) in [5, 5.41) is 23.8. The highest BCUT2D eigenvalue weighted by molar-refractivity contribution is 5.77. The third-order valence-corrected chi connectivity index (χ3v) is 11.7. The summed E-state index contributed by atoms with van der Waals surface area (Å²) in [5.41, 5.74) is 0. The molecule has 0 aromatic heterocycles. The number of carbonyl (C=O) groups excluding carboxylic acids is 2. The van der Waals surface area contributed by atoms with E-state index in [0.29, 0.717) is 19.3 Å². The Balaban J connectivity index is 4.52. The van der Waals surface area contributed by atoms with Gasteiger partial charge in [-0.1, -0.05) is 230 Å². The van der Waals surface area contributed by atoms with Crippen LogP contribution in [0.5, 0.6) is 0 Å². The zero-order valence-electron chi connectivity index (χ0n) is 39.8. The third-order valence-electron chi connectivity index (χ3n) is 11.7. The minimum atomic E-state index is -0.794. The first-order valence-corrected chi connectivity index (χ1v) is 25.9. The van der Waals surface area contributed by atoms with Crippen LogP contribution in [0.4, 0.5) is 0 Å². The molecule has 0 aliphatic carbocycles. The van der Waals surface area contributed by atoms with Gasteiger partial charge in [0.2, 0.25) is 5.91 Å². The van der Waals surface area contributed by atoms with Gasteiger partial charge in [0.25, 0.3) is 0 Å². The SMILES string of the molecule is CC/C=C/C=C/C=C/CCCCCCCC(CC(=O)NC(CO)C(O)CCCCCCCCCCCCCCCCCCC)OC(=O)CCCCCCC/C=C\CCCC. The standard InChI is InChI=1S/C54H99NO5/c1-4-7-10-13-16-19-22-24-25-26-27-29-32-34-37-40-43-46-52(57)51(49-56)55-53(58)48-50(45-42-39-36-33-31-28-23-20-17-14-11-8-5-2)60-54(59)47-44-41-38-35-30-21-18-15-12-9-6-3/h8,11,14-15,17-18,20,23,50-52,56-57H,4-7,9-10,12-13,16,19,21-22,24-49H2,1-3H3,(H,55,58)/b11-8+,17-14+,18-15-,23-20+. The Labute approximate surface area is 372 Å². The van der Waals surface area contributed by atoms with E-state index >= 15 is 0 Å². The molecule has 0 aliphatic heterocycles. The monoisotopic (exact) mass is 842 g/mol. The molecule has 0 rings (SSSR count). The first kappa shape index (κ1) is 57.8. The van der Waals surface area contributed by atoms with E-state index in [4.69, 9.17) is 4.74 Å². The summed E-state index contributed by atoms with van der Waals surface area (Å²) in [4.78, 5) is 26.1. The molecule has 0 aromatic rings. The lowest BCUT2D eigenvalue weighted by Crippen LogP contribution is -2.46. The maximum atomic E-state index is 13.2. The summed E-state index contributed by atoms with van der Waals surface area (Å²) in [5.74, 6) is -0.502. The first-order chi connectivity index (χ1) is 29.5. The molecule has 3 unspecified atom stereocenters. The van der Waals surface area contributed by atoms with Crippen molar-refractivity contribution in [2.24, 2.45) is 0 Å². The van der Waals surface area contributed by atoms with E-state index in [0.717, 1.165) is 89.9 Å². The number of unbranched alkanes of at least 4 members (excludes halogenated alkanes) is 28. The predicted molar refractivity (Wildman–Crippen MR) is 259 cm³/mol. The fraction of sp³-hybridized carbons (Fsp3) is 0.815. The Hall–Kier alpha value is -2.18. The van der Waals surface area contributed by atoms with Crippen molar-refractivity contribution in [3.05, 3.63) is 48.6 Å². The number of ether oxygens (including phenoxy) is 1. The summed E-state index contributed by atoms with van der Waals surface area (Å²) in [6, 6.07) is -0.709. The van der Waals surface area contributed by atoms with Crippen molar-refractivity contribution in [3.63, 3.8) is 0 Å². The van der Waals surface area contributed by atoms with Crippen molar-refractivity contribution < 1.29 is 24.5 Å². The fourth-order valence-corrected chi connectivity index (χ4v) is 7.76. The number of esters is 1. The lowest BCUT2D eigenvalue weighted by molar-refractivity contribution is -0.151. The second-order valence-corrected chi connectivity index (χ2v) is 17.6. The van der Waals surface area contributed by atoms with Crippen LogP contribution >= 0.6 is 0 Å². The topological polar surface area (TPSA) is 95.9 Å². The molecule has 350 valence electrons. The molecule has 3 atom stereocenters. The lowest BCUT2D eigenvalue weighted by Gasteiger charge is -2.24. The molecular formula is C54H99NO5. The number of aliphatic hydroxyl groups excluding tert-OH is 2. The Bertz CT molecular complexity index is 1040. The van der Waals surface area contributed by atoms with E-state index in [-0.39, 0.29) is 24.9 Å². The van der Waals surface area contributed by atoms with Crippen molar-refractivity contribution in [1.82, 2.24) is 5.32 Å². The third kappa shape index (κ3) is 42.5. The summed E-state index contributed by atoms with van der Waals surface area (Å²) in [6.45, 7) is 6.32. The minimum Gasteiger partial charge on any atom is -0.462 e. The Morgan fingerprint density at radius 2 is 0.933 bits per heavy atom. The van der Waals surface area contributed by atoms with E-state index in [2.05, 4.69) is 74.7 Å². The quantitative estimate of drug-likeness (QED) is 0.0246. The fourth-order valence-electron chi connectivity index (χ4n) is 7.76. The Kier molecular flexibility index (Phi) is 46.1. The molecule has 60 heavy (non-hydrogen) atoms. The van der Waals surface area contributed by atoms with Gasteiger partial charge in [-0.05, 0) is 64.2 Å². The van der Waals surface area contributed by atoms with Crippen LogP contribution in [0.2, 0.25) is 0 Å². The zero-order valence-corrected chi connectivity index (χ0v) is 39.8. The number of hydrogen-bond acceptors (Lipinski definition) is 5. The van der Waals surface area contributed by atoms with Crippen molar-refractivity contribution in [2.45, 2.75) is 277 Å². The number of carbonyl (C=O) groups is 2. The summed E-state index contributed by atoms with van der Waals surface area (Å²) in [7, 11) is 0. The minimum absolute atomic E-state index is 0.0611. The van der Waals surface area contributed by atoms with Crippen LogP contribution in [0, 0.1) is 0 Å². The molecule has 0 radical (unpaired) electrons. The van der Waals surface area contributed by atoms with Gasteiger partial charge in [0.1, 0.15) is 6.10 Å². The van der Waals surface area contributed by atoms with Gasteiger partial charge >= 0.3 is 5.97 Å². The van der Waals surface area contributed by atoms with Gasteiger partial charge in [-0.3, -0.25) is 9.59 Å². The molecule has 0 saturated heterocycles. The van der Waals surface area contributed by atoms with Crippen LogP contribution in [0.15, 0.2) is 48.6 Å². The average molecular weight is 842 g/mol. The van der Waals surface area contributed by atoms with Gasteiger partial charge in [0, 0.05) is 6.42 Å². The molecule has 0 bridgehead atoms. The molecule has 0 aromatic carbocycles. The van der Waals surface area contributed by atoms with Crippen LogP contribution in [0.25, 0.3) is 0 Å². The summed E-state index contributed by atoms with van der Waals surface area (Å²) in [6.07, 6.45) is 57.4. The van der Waals surface area contributed by atoms with Crippen LogP contribution in [-0.2, 0) is 14.3 Å². The molecule has 0 aliphatic rings. The number of aliphatic hydroxyl groups is 2. The van der Waals surface area contributed by atoms with Crippen LogP contribution in [0.1, 0.15) is 258 Å². The first-order valence-electron chi connectivity index (χ1n) is 25.9. The van der Waals surface area contributed by atoms with Crippen LogP contribution in [-0.4, -0.2) is 46.9 Å². The largest absolute Gasteiger partial charge is 0.462 e. The van der Waals surface area contributed by atoms with Gasteiger partial charge in [-0.25, -0.2) is 0 Å². The van der Waals surface area contributed by atoms with Gasteiger partial charge < -0.3 is 20.3 Å². The van der Waals surface area contributed by atoms with Crippen molar-refractivity contribution in [2.75, 3.05) is 6.61 Å². The van der Waals surface area contributed by atoms with E-state index in [9.17, 15) is 19.8 Å². The second-order valence-electron chi connectivity index (χ2n) is 17.6. The molecule has 0 saturated carbocycles. The smallest absolute Gasteiger partial charge is 0.306 e. The Morgan fingerprint density at radius 1 is 0.500 bits per heavy atom. The van der Waals surface area contributed by atoms with Gasteiger partial charge in [0.05, 0.1) is 25.2 Å². The number of amides is 1. The Morgan fingerprint density at radius 3 is 1.45 bits per heavy atom. The lowest BCUT2D eigenvalue weighted by atomic mass is 10.0. The van der Waals surface area contributed by atoms with Gasteiger partial charge in [-0.2, -0.15) is 0 Å². The normalized spacial score (nSPS) is 13.6. The maximum absolute atomic E-state index is 13.2. The van der Waals surface area contributed by atoms with Crippen LogP contribution < -0.4 is 5.32 Å². The molecule has 1 amide bonds. The van der Waals surface area contributed by atoms with E-state index in [1.807, 2.05) is 0 Å². The van der Waals surface area contributed by atoms with Crippen molar-refractivity contribution in [1.29, 1.82) is 0 Å². The highest BCUT2D eigenvalue weighted by Crippen LogP contribution is 2.18. The number of nitrogens with one attached hydrogen (secondary N) is 1. The van der Waals surface area contributed by atoms with E-state index < -0.39 is 18.2 Å². The molecule has 6 nitrogen and oxygen atoms in total. The maximum Gasteiger partial charge on any atom is 0.306 e. The summed E-state index contributed by atoms with van der Waals surface area (Å²) < 4.78 is 5.91. The molecule has 0 heterocycles. The molecule has 3 N–H and O–H groups in total. The van der Waals surface area contributed by atoms with Gasteiger partial charge in [-0.15, -0.1) is 0 Å². The van der Waals surface area contributed by atoms with Gasteiger partial charge in [0.15, 0.2) is 0 Å². The zero-order chi connectivity index (χ0) is 43.8. The van der Waals surface area contributed by atoms with Crippen molar-refractivity contribution >= 4 is 11.9 Å².